The van der Waals surface area contributed by atoms with E-state index >= 15 is 0 Å². The largest absolute Gasteiger partial charge is 0.481 e. The van der Waals surface area contributed by atoms with E-state index in [1.54, 1.807) is 36.5 Å². The Labute approximate surface area is 165 Å². The Kier molecular flexibility index (Phi) is 6.13. The average Bonchev–Trinajstić information content (AvgIpc) is 2.64. The highest BCUT2D eigenvalue weighted by atomic mass is 35.5. The molecule has 0 bridgehead atoms. The summed E-state index contributed by atoms with van der Waals surface area (Å²) in [6, 6.07) is 9.11. The summed E-state index contributed by atoms with van der Waals surface area (Å²) in [4.78, 5) is 23.1. The van der Waals surface area contributed by atoms with Gasteiger partial charge in [-0.25, -0.2) is 19.3 Å². The predicted octanol–water partition coefficient (Wildman–Crippen LogP) is 3.47. The monoisotopic (exact) mass is 402 g/mol. The lowest BCUT2D eigenvalue weighted by atomic mass is 10.1. The molecule has 1 aromatic carbocycles. The van der Waals surface area contributed by atoms with Crippen LogP contribution in [-0.2, 0) is 11.2 Å². The molecule has 3 aromatic rings. The number of hydrogen-bond donors (Lipinski definition) is 2. The van der Waals surface area contributed by atoms with Crippen molar-refractivity contribution in [3.8, 4) is 22.9 Å². The van der Waals surface area contributed by atoms with E-state index in [0.29, 0.717) is 17.3 Å². The van der Waals surface area contributed by atoms with Gasteiger partial charge in [0.1, 0.15) is 11.6 Å². The summed E-state index contributed by atoms with van der Waals surface area (Å²) >= 11 is 5.67. The number of halogens is 2. The number of aliphatic carboxylic acids is 1. The predicted molar refractivity (Wildman–Crippen MR) is 101 cm³/mol. The second-order valence-electron chi connectivity index (χ2n) is 5.99. The van der Waals surface area contributed by atoms with Gasteiger partial charge in [0.15, 0.2) is 5.82 Å². The minimum absolute atomic E-state index is 0.158. The molecule has 0 amide bonds. The van der Waals surface area contributed by atoms with E-state index in [-0.39, 0.29) is 23.7 Å². The number of benzene rings is 1. The van der Waals surface area contributed by atoms with Gasteiger partial charge in [-0.05, 0) is 36.4 Å². The first kappa shape index (κ1) is 19.7. The number of pyridine rings is 1. The molecule has 0 saturated heterocycles. The summed E-state index contributed by atoms with van der Waals surface area (Å²) in [6.07, 6.45) is 2.98. The normalized spacial score (nSPS) is 11.8. The first-order chi connectivity index (χ1) is 13.4. The Bertz CT molecular complexity index is 985. The number of nitrogens with zero attached hydrogens (tertiary/aromatic N) is 3. The van der Waals surface area contributed by atoms with Gasteiger partial charge in [-0.15, -0.1) is 0 Å². The van der Waals surface area contributed by atoms with Crippen LogP contribution in [0.4, 0.5) is 4.39 Å². The third-order valence-corrected chi connectivity index (χ3v) is 3.93. The van der Waals surface area contributed by atoms with Crippen molar-refractivity contribution in [1.29, 1.82) is 0 Å². The molecule has 0 spiro atoms. The van der Waals surface area contributed by atoms with Gasteiger partial charge in [-0.2, -0.15) is 0 Å². The van der Waals surface area contributed by atoms with Crippen LogP contribution >= 0.6 is 11.6 Å². The number of aromatic nitrogens is 3. The maximum Gasteiger partial charge on any atom is 0.304 e. The summed E-state index contributed by atoms with van der Waals surface area (Å²) in [5.74, 6) is -0.941. The molecule has 7 nitrogen and oxygen atoms in total. The van der Waals surface area contributed by atoms with E-state index < -0.39 is 17.8 Å². The summed E-state index contributed by atoms with van der Waals surface area (Å²) in [5.41, 5.74) is 7.22. The zero-order valence-corrected chi connectivity index (χ0v) is 15.3. The Morgan fingerprint density at radius 2 is 2.00 bits per heavy atom. The molecule has 0 radical (unpaired) electrons. The van der Waals surface area contributed by atoms with E-state index in [9.17, 15) is 9.18 Å². The van der Waals surface area contributed by atoms with Crippen molar-refractivity contribution in [3.63, 3.8) is 0 Å². The van der Waals surface area contributed by atoms with E-state index in [1.165, 1.54) is 6.20 Å². The van der Waals surface area contributed by atoms with Crippen molar-refractivity contribution in [2.45, 2.75) is 18.9 Å². The van der Waals surface area contributed by atoms with Gasteiger partial charge < -0.3 is 15.6 Å². The van der Waals surface area contributed by atoms with Crippen molar-refractivity contribution in [3.05, 3.63) is 65.5 Å². The van der Waals surface area contributed by atoms with Gasteiger partial charge in [-0.3, -0.25) is 4.79 Å². The highest BCUT2D eigenvalue weighted by Gasteiger charge is 2.12. The van der Waals surface area contributed by atoms with Crippen LogP contribution in [0.1, 0.15) is 12.2 Å². The summed E-state index contributed by atoms with van der Waals surface area (Å²) < 4.78 is 19.2. The molecule has 144 valence electrons. The molecule has 1 atom stereocenters. The quantitative estimate of drug-likeness (QED) is 0.622. The van der Waals surface area contributed by atoms with Crippen LogP contribution in [0.25, 0.3) is 11.3 Å². The minimum Gasteiger partial charge on any atom is -0.481 e. The first-order valence-electron chi connectivity index (χ1n) is 8.29. The third kappa shape index (κ3) is 5.21. The molecule has 0 fully saturated rings. The van der Waals surface area contributed by atoms with Gasteiger partial charge in [0.25, 0.3) is 5.88 Å². The number of hydrogen-bond acceptors (Lipinski definition) is 6. The minimum atomic E-state index is -0.967. The summed E-state index contributed by atoms with van der Waals surface area (Å²) in [6.45, 7) is 0. The highest BCUT2D eigenvalue weighted by Crippen LogP contribution is 2.26. The molecule has 0 saturated carbocycles. The molecular formula is C19H16ClFN4O3. The molecule has 0 unspecified atom stereocenters. The van der Waals surface area contributed by atoms with Gasteiger partial charge >= 0.3 is 5.97 Å². The van der Waals surface area contributed by atoms with Crippen molar-refractivity contribution in [2.75, 3.05) is 0 Å². The van der Waals surface area contributed by atoms with E-state index in [1.807, 2.05) is 0 Å². The van der Waals surface area contributed by atoms with Crippen LogP contribution in [-0.4, -0.2) is 32.1 Å². The number of nitrogens with two attached hydrogens (primary N) is 1. The van der Waals surface area contributed by atoms with Crippen LogP contribution in [0.5, 0.6) is 11.6 Å². The number of carboxylic acids is 1. The molecule has 9 heteroatoms. The smallest absolute Gasteiger partial charge is 0.304 e. The molecule has 3 N–H and O–H groups in total. The van der Waals surface area contributed by atoms with Gasteiger partial charge in [-0.1, -0.05) is 11.6 Å². The number of carbonyl (C=O) groups is 1. The molecule has 28 heavy (non-hydrogen) atoms. The van der Waals surface area contributed by atoms with Gasteiger partial charge in [0.2, 0.25) is 0 Å². The maximum atomic E-state index is 13.8. The molecule has 0 aliphatic rings. The first-order valence-corrected chi connectivity index (χ1v) is 8.67. The van der Waals surface area contributed by atoms with E-state index in [2.05, 4.69) is 15.0 Å². The van der Waals surface area contributed by atoms with Crippen molar-refractivity contribution >= 4 is 17.6 Å². The Morgan fingerprint density at radius 3 is 2.68 bits per heavy atom. The molecule has 2 aromatic heterocycles. The van der Waals surface area contributed by atoms with E-state index in [4.69, 9.17) is 27.2 Å². The fraction of sp³-hybridized carbons (Fsp3) is 0.158. The van der Waals surface area contributed by atoms with E-state index in [0.717, 1.165) is 11.6 Å². The highest BCUT2D eigenvalue weighted by molar-refractivity contribution is 6.30. The van der Waals surface area contributed by atoms with Crippen LogP contribution in [0.3, 0.4) is 0 Å². The van der Waals surface area contributed by atoms with Gasteiger partial charge in [0.05, 0.1) is 17.1 Å². The topological polar surface area (TPSA) is 111 Å². The molecule has 3 rings (SSSR count). The van der Waals surface area contributed by atoms with Crippen LogP contribution in [0.2, 0.25) is 5.02 Å². The Balaban J connectivity index is 1.72. The van der Waals surface area contributed by atoms with Crippen molar-refractivity contribution < 1.29 is 19.0 Å². The lowest BCUT2D eigenvalue weighted by molar-refractivity contribution is -0.137. The molecular weight excluding hydrogens is 387 g/mol. The fourth-order valence-electron chi connectivity index (χ4n) is 2.47. The molecule has 2 heterocycles. The average molecular weight is 403 g/mol. The standard InChI is InChI=1S/C19H16ClFN4O3/c20-12-7-15(21)19(24-10-12)28-14-3-1-11(2-4-14)16-5-6-23-17(25-16)8-13(22)9-18(26)27/h1-7,10,13H,8-9,22H2,(H,26,27)/t13-/m1/s1. The van der Waals surface area contributed by atoms with Crippen molar-refractivity contribution in [2.24, 2.45) is 5.73 Å². The van der Waals surface area contributed by atoms with Crippen molar-refractivity contribution in [1.82, 2.24) is 15.0 Å². The zero-order chi connectivity index (χ0) is 20.1. The lowest BCUT2D eigenvalue weighted by Crippen LogP contribution is -2.27. The maximum absolute atomic E-state index is 13.8. The lowest BCUT2D eigenvalue weighted by Gasteiger charge is -2.09. The molecule has 0 aliphatic heterocycles. The summed E-state index contributed by atoms with van der Waals surface area (Å²) in [7, 11) is 0. The van der Waals surface area contributed by atoms with Crippen LogP contribution < -0.4 is 10.5 Å². The number of ether oxygens (including phenoxy) is 1. The second-order valence-corrected chi connectivity index (χ2v) is 6.42. The van der Waals surface area contributed by atoms with Gasteiger partial charge in [0, 0.05) is 30.4 Å². The Hall–Kier alpha value is -3.10. The Morgan fingerprint density at radius 1 is 1.25 bits per heavy atom. The SMILES string of the molecule is N[C@@H](CC(=O)O)Cc1nccc(-c2ccc(Oc3ncc(Cl)cc3F)cc2)n1. The van der Waals surface area contributed by atoms with Crippen LogP contribution in [0.15, 0.2) is 48.8 Å². The van der Waals surface area contributed by atoms with Crippen LogP contribution in [0, 0.1) is 5.82 Å². The summed E-state index contributed by atoms with van der Waals surface area (Å²) in [5, 5.41) is 8.97. The number of rotatable bonds is 7. The molecule has 0 aliphatic carbocycles. The third-order valence-electron chi connectivity index (χ3n) is 3.73. The number of carboxylic acid groups (broad SMARTS) is 1. The zero-order valence-electron chi connectivity index (χ0n) is 14.5. The fourth-order valence-corrected chi connectivity index (χ4v) is 2.62. The second kappa shape index (κ2) is 8.73.